The first kappa shape index (κ1) is 44.6. The van der Waals surface area contributed by atoms with Crippen LogP contribution >= 0.6 is 22.7 Å². The fourth-order valence-electron chi connectivity index (χ4n) is 7.16. The van der Waals surface area contributed by atoms with E-state index in [0.717, 1.165) is 48.7 Å². The molecule has 0 saturated heterocycles. The van der Waals surface area contributed by atoms with Gasteiger partial charge in [-0.3, -0.25) is 9.78 Å². The fourth-order valence-corrected chi connectivity index (χ4v) is 9.37. The molecule has 0 spiro atoms. The summed E-state index contributed by atoms with van der Waals surface area (Å²) in [5.41, 5.74) is 5.71. The number of aliphatic hydroxyl groups excluding tert-OH is 1. The number of pyridine rings is 1. The number of ketones is 1. The van der Waals surface area contributed by atoms with Gasteiger partial charge < -0.3 is 5.11 Å². The molecule has 6 aromatic rings. The van der Waals surface area contributed by atoms with Gasteiger partial charge in [0.25, 0.3) is 0 Å². The largest absolute Gasteiger partial charge is 0.512 e. The molecule has 3 nitrogen and oxygen atoms in total. The standard InChI is InChI=1S/C34H32NS2.C15H28O2.Ir/c1-20(2)16-26-21(3)36-30-13-9-12-25(32(26)30)31-19-27-29(37-31)14-15-35-33(27)23-17-22-10-7-8-11-24(22)28(18-23)34(4,5)6;1-7-14(5,8-2)12(16)11-13(17)15(6,9-3)10-4;/h7-15,18-20H,16H2,1-6H3;11,16H,7-10H2,1-6H3;/q-1;;/b;12-11-;. The number of rotatable bonds is 11. The van der Waals surface area contributed by atoms with E-state index in [-0.39, 0.29) is 47.9 Å². The van der Waals surface area contributed by atoms with Gasteiger partial charge in [-0.2, -0.15) is 0 Å². The Morgan fingerprint density at radius 2 is 1.49 bits per heavy atom. The summed E-state index contributed by atoms with van der Waals surface area (Å²) in [5.74, 6) is 0.914. The summed E-state index contributed by atoms with van der Waals surface area (Å²) >= 11 is 3.80. The maximum absolute atomic E-state index is 12.2. The third kappa shape index (κ3) is 9.36. The van der Waals surface area contributed by atoms with Crippen LogP contribution in [-0.4, -0.2) is 15.9 Å². The van der Waals surface area contributed by atoms with Gasteiger partial charge in [-0.05, 0) is 79.5 Å². The topological polar surface area (TPSA) is 50.2 Å². The summed E-state index contributed by atoms with van der Waals surface area (Å²) in [4.78, 5) is 19.9. The van der Waals surface area contributed by atoms with Gasteiger partial charge in [0.2, 0.25) is 0 Å². The molecule has 0 bridgehead atoms. The summed E-state index contributed by atoms with van der Waals surface area (Å²) in [5, 5.41) is 15.2. The molecule has 3 aromatic heterocycles. The maximum atomic E-state index is 12.2. The van der Waals surface area contributed by atoms with Gasteiger partial charge in [0.1, 0.15) is 5.76 Å². The molecule has 6 heteroatoms. The molecule has 3 aromatic carbocycles. The van der Waals surface area contributed by atoms with Crippen LogP contribution in [-0.2, 0) is 36.7 Å². The Morgan fingerprint density at radius 3 is 2.11 bits per heavy atom. The minimum atomic E-state index is -0.337. The molecule has 0 aliphatic heterocycles. The van der Waals surface area contributed by atoms with Crippen LogP contribution in [0.2, 0.25) is 0 Å². The SMILES string of the molecule is CCC(C)(CC)C(=O)/C=C(\O)C(C)(CC)CC.Cc1sc2cccc(-c3cc4c(-c5[c-]c6ccccc6c(C(C)(C)C)c5)nccc4s3)c2c1CC(C)C.[Ir]. The predicted octanol–water partition coefficient (Wildman–Crippen LogP) is 15.3. The number of fused-ring (bicyclic) bond motifs is 3. The number of carbonyl (C=O) groups is 1. The third-order valence-electron chi connectivity index (χ3n) is 11.8. The summed E-state index contributed by atoms with van der Waals surface area (Å²) in [7, 11) is 0. The van der Waals surface area contributed by atoms with Crippen LogP contribution in [0.3, 0.4) is 0 Å². The summed E-state index contributed by atoms with van der Waals surface area (Å²) < 4.78 is 2.66. The average Bonchev–Trinajstić information content (AvgIpc) is 3.73. The van der Waals surface area contributed by atoms with Crippen molar-refractivity contribution in [2.24, 2.45) is 16.7 Å². The molecule has 6 rings (SSSR count). The first-order valence-electron chi connectivity index (χ1n) is 19.8. The Balaban J connectivity index is 0.000000320. The van der Waals surface area contributed by atoms with Crippen molar-refractivity contribution in [2.75, 3.05) is 0 Å². The molecule has 3 heterocycles. The van der Waals surface area contributed by atoms with E-state index in [1.807, 2.05) is 70.4 Å². The third-order valence-corrected chi connectivity index (χ3v) is 14.0. The molecule has 0 saturated carbocycles. The Bertz CT molecular complexity index is 2290. The number of aryl methyl sites for hydroxylation is 1. The molecule has 55 heavy (non-hydrogen) atoms. The quantitative estimate of drug-likeness (QED) is 0.0800. The Hall–Kier alpha value is -3.15. The van der Waals surface area contributed by atoms with E-state index < -0.39 is 0 Å². The number of thiophene rings is 2. The normalized spacial score (nSPS) is 12.6. The average molecular weight is 951 g/mol. The minimum Gasteiger partial charge on any atom is -0.512 e. The summed E-state index contributed by atoms with van der Waals surface area (Å²) in [6, 6.07) is 25.9. The van der Waals surface area contributed by atoms with Gasteiger partial charge in [0.05, 0.1) is 0 Å². The molecule has 1 radical (unpaired) electrons. The number of carbonyl (C=O) groups excluding carboxylic acids is 1. The number of aromatic nitrogens is 1. The van der Waals surface area contributed by atoms with Crippen LogP contribution in [0.5, 0.6) is 0 Å². The van der Waals surface area contributed by atoms with Crippen LogP contribution in [0.25, 0.3) is 52.6 Å². The summed E-state index contributed by atoms with van der Waals surface area (Å²) in [6.45, 7) is 25.8. The van der Waals surface area contributed by atoms with Crippen molar-refractivity contribution >= 4 is 59.4 Å². The van der Waals surface area contributed by atoms with E-state index in [1.54, 1.807) is 0 Å². The van der Waals surface area contributed by atoms with Crippen molar-refractivity contribution < 1.29 is 30.0 Å². The van der Waals surface area contributed by atoms with Crippen molar-refractivity contribution in [2.45, 2.75) is 121 Å². The van der Waals surface area contributed by atoms with Gasteiger partial charge in [-0.25, -0.2) is 0 Å². The number of aliphatic hydroxyl groups is 1. The van der Waals surface area contributed by atoms with Crippen LogP contribution in [0.4, 0.5) is 0 Å². The van der Waals surface area contributed by atoms with Crippen LogP contribution in [0.1, 0.15) is 118 Å². The first-order chi connectivity index (χ1) is 25.5. The van der Waals surface area contributed by atoms with Crippen LogP contribution in [0.15, 0.2) is 78.7 Å². The molecular weight excluding hydrogens is 891 g/mol. The van der Waals surface area contributed by atoms with Crippen molar-refractivity contribution in [1.82, 2.24) is 4.98 Å². The van der Waals surface area contributed by atoms with Crippen LogP contribution < -0.4 is 0 Å². The Kier molecular flexibility index (Phi) is 14.6. The van der Waals surface area contributed by atoms with Crippen molar-refractivity contribution in [1.29, 1.82) is 0 Å². The predicted molar refractivity (Wildman–Crippen MR) is 237 cm³/mol. The molecule has 0 amide bonds. The number of hydrogen-bond donors (Lipinski definition) is 1. The zero-order valence-corrected chi connectivity index (χ0v) is 39.0. The number of allylic oxidation sites excluding steroid dienone is 2. The van der Waals surface area contributed by atoms with Gasteiger partial charge in [-0.15, -0.1) is 51.8 Å². The second kappa shape index (κ2) is 18.0. The van der Waals surface area contributed by atoms with Gasteiger partial charge in [-0.1, -0.05) is 117 Å². The number of benzene rings is 3. The van der Waals surface area contributed by atoms with E-state index in [4.69, 9.17) is 4.98 Å². The van der Waals surface area contributed by atoms with E-state index in [2.05, 4.69) is 108 Å². The second-order valence-electron chi connectivity index (χ2n) is 16.9. The molecule has 0 aliphatic carbocycles. The summed E-state index contributed by atoms with van der Waals surface area (Å²) in [6.07, 6.45) is 7.82. The van der Waals surface area contributed by atoms with E-state index >= 15 is 0 Å². The number of nitrogens with zero attached hydrogens (tertiary/aromatic N) is 1. The zero-order valence-electron chi connectivity index (χ0n) is 35.0. The van der Waals surface area contributed by atoms with E-state index in [9.17, 15) is 9.90 Å². The Morgan fingerprint density at radius 1 is 0.836 bits per heavy atom. The number of hydrogen-bond acceptors (Lipinski definition) is 5. The molecular formula is C49H60IrNO2S2-. The smallest absolute Gasteiger partial charge is 0.164 e. The molecule has 1 N–H and O–H groups in total. The van der Waals surface area contributed by atoms with Gasteiger partial charge >= 0.3 is 0 Å². The monoisotopic (exact) mass is 951 g/mol. The second-order valence-corrected chi connectivity index (χ2v) is 19.3. The fraction of sp³-hybridized carbons (Fsp3) is 0.429. The molecule has 295 valence electrons. The first-order valence-corrected chi connectivity index (χ1v) is 21.4. The van der Waals surface area contributed by atoms with E-state index in [0.29, 0.717) is 5.92 Å². The minimum absolute atomic E-state index is 0. The van der Waals surface area contributed by atoms with Crippen LogP contribution in [0, 0.1) is 29.7 Å². The van der Waals surface area contributed by atoms with Gasteiger partial charge in [0.15, 0.2) is 5.78 Å². The molecule has 0 atom stereocenters. The Labute approximate surface area is 352 Å². The molecule has 0 unspecified atom stereocenters. The van der Waals surface area contributed by atoms with Crippen molar-refractivity contribution in [3.05, 3.63) is 101 Å². The zero-order chi connectivity index (χ0) is 39.6. The molecule has 0 fully saturated rings. The van der Waals surface area contributed by atoms with Crippen molar-refractivity contribution in [3.8, 4) is 21.7 Å². The molecule has 0 aliphatic rings. The van der Waals surface area contributed by atoms with E-state index in [1.165, 1.54) is 58.1 Å². The maximum Gasteiger partial charge on any atom is 0.164 e. The van der Waals surface area contributed by atoms with Gasteiger partial charge in [0, 0.05) is 79.0 Å². The van der Waals surface area contributed by atoms with Crippen molar-refractivity contribution in [3.63, 3.8) is 0 Å².